The maximum atomic E-state index is 13.2. The van der Waals surface area contributed by atoms with Gasteiger partial charge < -0.3 is 15.4 Å². The molecule has 1 saturated heterocycles. The Morgan fingerprint density at radius 2 is 2.14 bits per heavy atom. The molecule has 1 aromatic carbocycles. The van der Waals surface area contributed by atoms with Gasteiger partial charge in [-0.2, -0.15) is 0 Å². The Hall–Kier alpha value is -1.46. The molecule has 5 heteroatoms. The van der Waals surface area contributed by atoms with Crippen molar-refractivity contribution < 1.29 is 13.9 Å². The number of nitrogens with one attached hydrogen (secondary N) is 2. The van der Waals surface area contributed by atoms with Gasteiger partial charge in [-0.15, -0.1) is 0 Å². The van der Waals surface area contributed by atoms with Gasteiger partial charge in [0.1, 0.15) is 5.82 Å². The molecule has 2 N–H and O–H groups in total. The van der Waals surface area contributed by atoms with Crippen LogP contribution < -0.4 is 10.6 Å². The number of rotatable bonds is 5. The minimum Gasteiger partial charge on any atom is -0.384 e. The number of hydrogen-bond donors (Lipinski definition) is 2. The second-order valence-electron chi connectivity index (χ2n) is 5.73. The van der Waals surface area contributed by atoms with Crippen molar-refractivity contribution in [3.05, 3.63) is 35.1 Å². The average molecular weight is 294 g/mol. The Balaban J connectivity index is 2.00. The highest BCUT2D eigenvalue weighted by Crippen LogP contribution is 2.29. The fourth-order valence-corrected chi connectivity index (χ4v) is 2.81. The second-order valence-corrected chi connectivity index (χ2v) is 5.73. The van der Waals surface area contributed by atoms with E-state index < -0.39 is 5.41 Å². The third kappa shape index (κ3) is 3.80. The number of carbonyl (C=O) groups excluding carboxylic acids is 1. The lowest BCUT2D eigenvalue weighted by atomic mass is 9.78. The summed E-state index contributed by atoms with van der Waals surface area (Å²) in [5.41, 5.74) is 1.05. The highest BCUT2D eigenvalue weighted by molar-refractivity contribution is 5.83. The van der Waals surface area contributed by atoms with Crippen LogP contribution in [-0.2, 0) is 16.1 Å². The van der Waals surface area contributed by atoms with Gasteiger partial charge in [-0.05, 0) is 50.0 Å². The summed E-state index contributed by atoms with van der Waals surface area (Å²) >= 11 is 0. The van der Waals surface area contributed by atoms with E-state index in [1.807, 2.05) is 0 Å². The quantitative estimate of drug-likeness (QED) is 0.870. The minimum atomic E-state index is -0.449. The topological polar surface area (TPSA) is 50.4 Å². The molecule has 1 aromatic rings. The third-order valence-corrected chi connectivity index (χ3v) is 4.14. The zero-order chi connectivity index (χ0) is 15.3. The van der Waals surface area contributed by atoms with E-state index >= 15 is 0 Å². The standard InChI is InChI=1S/C16H23FN2O2/c1-12-9-13(3-4-14(12)17)10-19-15(20)16(11-21-2)5-7-18-8-6-16/h3-4,9,18H,5-8,10-11H2,1-2H3,(H,19,20). The number of halogens is 1. The Kier molecular flexibility index (Phi) is 5.31. The summed E-state index contributed by atoms with van der Waals surface area (Å²) in [5, 5.41) is 6.23. The number of amides is 1. The van der Waals surface area contributed by atoms with E-state index in [0.717, 1.165) is 31.5 Å². The highest BCUT2D eigenvalue weighted by atomic mass is 19.1. The molecule has 0 spiro atoms. The minimum absolute atomic E-state index is 0.0211. The van der Waals surface area contributed by atoms with Crippen molar-refractivity contribution in [2.24, 2.45) is 5.41 Å². The Morgan fingerprint density at radius 3 is 2.76 bits per heavy atom. The second kappa shape index (κ2) is 7.00. The first kappa shape index (κ1) is 15.9. The first-order chi connectivity index (χ1) is 10.1. The smallest absolute Gasteiger partial charge is 0.228 e. The maximum Gasteiger partial charge on any atom is 0.228 e. The summed E-state index contributed by atoms with van der Waals surface area (Å²) in [5.74, 6) is -0.202. The molecule has 116 valence electrons. The maximum absolute atomic E-state index is 13.2. The molecule has 4 nitrogen and oxygen atoms in total. The van der Waals surface area contributed by atoms with Gasteiger partial charge in [-0.3, -0.25) is 4.79 Å². The predicted molar refractivity (Wildman–Crippen MR) is 79.4 cm³/mol. The average Bonchev–Trinajstić information content (AvgIpc) is 2.49. The molecule has 1 aliphatic rings. The van der Waals surface area contributed by atoms with E-state index in [9.17, 15) is 9.18 Å². The van der Waals surface area contributed by atoms with Crippen LogP contribution in [0.2, 0.25) is 0 Å². The van der Waals surface area contributed by atoms with Crippen molar-refractivity contribution in [1.29, 1.82) is 0 Å². The number of hydrogen-bond acceptors (Lipinski definition) is 3. The predicted octanol–water partition coefficient (Wildman–Crippen LogP) is 1.77. The summed E-state index contributed by atoms with van der Waals surface area (Å²) in [7, 11) is 1.63. The van der Waals surface area contributed by atoms with E-state index in [1.54, 1.807) is 26.2 Å². The van der Waals surface area contributed by atoms with E-state index in [-0.39, 0.29) is 11.7 Å². The van der Waals surface area contributed by atoms with Crippen LogP contribution in [0.3, 0.4) is 0 Å². The summed E-state index contributed by atoms with van der Waals surface area (Å²) in [6.45, 7) is 4.22. The fourth-order valence-electron chi connectivity index (χ4n) is 2.81. The molecule has 1 aliphatic heterocycles. The van der Waals surface area contributed by atoms with Gasteiger partial charge in [-0.1, -0.05) is 12.1 Å². The van der Waals surface area contributed by atoms with E-state index in [4.69, 9.17) is 4.74 Å². The van der Waals surface area contributed by atoms with Gasteiger partial charge in [0.2, 0.25) is 5.91 Å². The normalized spacial score (nSPS) is 17.5. The summed E-state index contributed by atoms with van der Waals surface area (Å²) < 4.78 is 18.5. The third-order valence-electron chi connectivity index (χ3n) is 4.14. The van der Waals surface area contributed by atoms with Crippen molar-refractivity contribution in [3.8, 4) is 0 Å². The van der Waals surface area contributed by atoms with Crippen LogP contribution in [0.15, 0.2) is 18.2 Å². The molecule has 0 unspecified atom stereocenters. The van der Waals surface area contributed by atoms with Gasteiger partial charge in [0.05, 0.1) is 12.0 Å². The van der Waals surface area contributed by atoms with Gasteiger partial charge in [0.15, 0.2) is 0 Å². The molecular weight excluding hydrogens is 271 g/mol. The molecule has 1 heterocycles. The molecule has 0 radical (unpaired) electrons. The van der Waals surface area contributed by atoms with E-state index in [1.165, 1.54) is 6.07 Å². The Labute approximate surface area is 125 Å². The number of ether oxygens (including phenoxy) is 1. The first-order valence-electron chi connectivity index (χ1n) is 7.30. The Morgan fingerprint density at radius 1 is 1.43 bits per heavy atom. The fraction of sp³-hybridized carbons (Fsp3) is 0.562. The Bertz CT molecular complexity index is 494. The van der Waals surface area contributed by atoms with Crippen LogP contribution in [0.5, 0.6) is 0 Å². The molecule has 21 heavy (non-hydrogen) atoms. The molecular formula is C16H23FN2O2. The largest absolute Gasteiger partial charge is 0.384 e. The number of methoxy groups -OCH3 is 1. The van der Waals surface area contributed by atoms with Gasteiger partial charge in [0.25, 0.3) is 0 Å². The number of piperidine rings is 1. The lowest BCUT2D eigenvalue weighted by molar-refractivity contribution is -0.136. The van der Waals surface area contributed by atoms with Crippen LogP contribution in [0.4, 0.5) is 4.39 Å². The summed E-state index contributed by atoms with van der Waals surface area (Å²) in [4.78, 5) is 12.5. The zero-order valence-corrected chi connectivity index (χ0v) is 12.7. The lowest BCUT2D eigenvalue weighted by Gasteiger charge is -2.35. The van der Waals surface area contributed by atoms with Crippen molar-refractivity contribution >= 4 is 5.91 Å². The van der Waals surface area contributed by atoms with Crippen LogP contribution in [0.25, 0.3) is 0 Å². The highest BCUT2D eigenvalue weighted by Gasteiger charge is 2.39. The van der Waals surface area contributed by atoms with E-state index in [2.05, 4.69) is 10.6 Å². The molecule has 1 amide bonds. The SMILES string of the molecule is COCC1(C(=O)NCc2ccc(F)c(C)c2)CCNCC1. The van der Waals surface area contributed by atoms with Gasteiger partial charge in [0, 0.05) is 13.7 Å². The van der Waals surface area contributed by atoms with E-state index in [0.29, 0.717) is 18.7 Å². The molecule has 0 bridgehead atoms. The van der Waals surface area contributed by atoms with Crippen molar-refractivity contribution in [2.75, 3.05) is 26.8 Å². The van der Waals surface area contributed by atoms with Crippen LogP contribution in [0, 0.1) is 18.2 Å². The number of benzene rings is 1. The zero-order valence-electron chi connectivity index (χ0n) is 12.7. The van der Waals surface area contributed by atoms with Gasteiger partial charge >= 0.3 is 0 Å². The number of carbonyl (C=O) groups is 1. The van der Waals surface area contributed by atoms with Crippen LogP contribution in [0.1, 0.15) is 24.0 Å². The molecule has 0 saturated carbocycles. The number of aryl methyl sites for hydroxylation is 1. The van der Waals surface area contributed by atoms with Gasteiger partial charge in [-0.25, -0.2) is 4.39 Å². The van der Waals surface area contributed by atoms with Crippen molar-refractivity contribution in [2.45, 2.75) is 26.3 Å². The summed E-state index contributed by atoms with van der Waals surface area (Å²) in [6, 6.07) is 4.90. The monoisotopic (exact) mass is 294 g/mol. The van der Waals surface area contributed by atoms with Crippen LogP contribution >= 0.6 is 0 Å². The summed E-state index contributed by atoms with van der Waals surface area (Å²) in [6.07, 6.45) is 1.55. The van der Waals surface area contributed by atoms with Crippen LogP contribution in [-0.4, -0.2) is 32.7 Å². The lowest BCUT2D eigenvalue weighted by Crippen LogP contribution is -2.49. The van der Waals surface area contributed by atoms with Crippen molar-refractivity contribution in [3.63, 3.8) is 0 Å². The molecule has 0 aromatic heterocycles. The first-order valence-corrected chi connectivity index (χ1v) is 7.30. The van der Waals surface area contributed by atoms with Crippen molar-refractivity contribution in [1.82, 2.24) is 10.6 Å². The molecule has 0 atom stereocenters. The molecule has 0 aliphatic carbocycles. The molecule has 2 rings (SSSR count). The molecule has 1 fully saturated rings.